The maximum absolute atomic E-state index is 14.6. The number of carbonyl (C=O) groups is 4. The Morgan fingerprint density at radius 3 is 2.29 bits per heavy atom. The Labute approximate surface area is 296 Å². The standard InChI is InChI=1S/C37H49NO13/c1-8-48-33(45)38-21(14-18(2)3)26(40)32(44)50-22-16-37(47)30(51-31(43)20-12-10-9-11-13-20)28-35(7,23(39)15-24-36(28,46)17-49-24)29(42)27(41)25(19(22)4)34(37,5)6/h9-14,21-24,26-28,30,39-41,46-47H,8,15-17H2,1-7H3,(H,38,45)/t21-,22-,23-,24+,26+,27+,28-,30-,35+,36-,37+/m0/s1. The van der Waals surface area contributed by atoms with Crippen LogP contribution in [-0.2, 0) is 28.5 Å². The highest BCUT2D eigenvalue weighted by Crippen LogP contribution is 2.63. The van der Waals surface area contributed by atoms with E-state index in [1.165, 1.54) is 32.1 Å². The van der Waals surface area contributed by atoms with E-state index in [0.717, 1.165) is 0 Å². The van der Waals surface area contributed by atoms with Gasteiger partial charge in [0.2, 0.25) is 0 Å². The smallest absolute Gasteiger partial charge is 0.407 e. The summed E-state index contributed by atoms with van der Waals surface area (Å²) in [5.74, 6) is -4.50. The third kappa shape index (κ3) is 6.19. The number of rotatable bonds is 8. The van der Waals surface area contributed by atoms with E-state index in [-0.39, 0.29) is 36.3 Å². The number of ketones is 1. The lowest BCUT2D eigenvalue weighted by molar-refractivity contribution is -0.343. The molecule has 0 unspecified atom stereocenters. The SMILES string of the molecule is CCOC(=O)N[C@@H](C=C(C)C)[C@@H](O)C(=O)O[C@H]1C[C@@]2(O)[C@@H](OC(=O)c3ccccc3)[C@@H]3[C@]4(O)CO[C@@H]4C[C@H](O)[C@@]3(C)C(=O)[C@H](O)C(=C1C)C2(C)C. The minimum Gasteiger partial charge on any atom is -0.456 e. The van der Waals surface area contributed by atoms with Crippen LogP contribution in [0.15, 0.2) is 53.1 Å². The van der Waals surface area contributed by atoms with Crippen molar-refractivity contribution in [2.45, 2.75) is 115 Å². The summed E-state index contributed by atoms with van der Waals surface area (Å²) in [6.07, 6.45) is -9.64. The van der Waals surface area contributed by atoms with E-state index in [4.69, 9.17) is 18.9 Å². The molecule has 1 amide bonds. The number of aliphatic hydroxyl groups is 5. The van der Waals surface area contributed by atoms with E-state index in [1.807, 2.05) is 0 Å². The fraction of sp³-hybridized carbons (Fsp3) is 0.622. The maximum Gasteiger partial charge on any atom is 0.407 e. The van der Waals surface area contributed by atoms with Crippen molar-refractivity contribution in [3.05, 3.63) is 58.7 Å². The summed E-state index contributed by atoms with van der Waals surface area (Å²) in [5, 5.41) is 62.3. The Bertz CT molecular complexity index is 1620. The molecule has 1 aliphatic heterocycles. The second-order valence-electron chi connectivity index (χ2n) is 15.1. The zero-order valence-corrected chi connectivity index (χ0v) is 29.9. The number of amides is 1. The van der Waals surface area contributed by atoms with Gasteiger partial charge in [0.1, 0.15) is 29.5 Å². The number of fused-ring (bicyclic) bond motifs is 5. The average molecular weight is 716 g/mol. The van der Waals surface area contributed by atoms with Crippen LogP contribution in [0.3, 0.4) is 0 Å². The molecule has 14 heteroatoms. The second kappa shape index (κ2) is 13.7. The monoisotopic (exact) mass is 715 g/mol. The summed E-state index contributed by atoms with van der Waals surface area (Å²) in [4.78, 5) is 54.3. The van der Waals surface area contributed by atoms with Crippen LogP contribution in [0.2, 0.25) is 0 Å². The van der Waals surface area contributed by atoms with Gasteiger partial charge in [0.25, 0.3) is 0 Å². The normalized spacial score (nSPS) is 36.4. The lowest BCUT2D eigenvalue weighted by atomic mass is 9.44. The van der Waals surface area contributed by atoms with Crippen molar-refractivity contribution in [3.63, 3.8) is 0 Å². The molecule has 0 radical (unpaired) electrons. The first-order valence-corrected chi connectivity index (χ1v) is 17.2. The lowest BCUT2D eigenvalue weighted by Crippen LogP contribution is -2.81. The van der Waals surface area contributed by atoms with Crippen molar-refractivity contribution < 1.29 is 63.7 Å². The summed E-state index contributed by atoms with van der Waals surface area (Å²) in [6.45, 7) is 10.7. The zero-order valence-electron chi connectivity index (χ0n) is 29.9. The number of hydrogen-bond donors (Lipinski definition) is 6. The van der Waals surface area contributed by atoms with E-state index < -0.39 is 101 Å². The van der Waals surface area contributed by atoms with Crippen molar-refractivity contribution in [3.8, 4) is 0 Å². The van der Waals surface area contributed by atoms with Crippen LogP contribution in [-0.4, -0.2) is 116 Å². The molecule has 0 aromatic heterocycles. The molecule has 3 aliphatic carbocycles. The summed E-state index contributed by atoms with van der Waals surface area (Å²) in [5.41, 5.74) is -6.80. The Morgan fingerprint density at radius 2 is 1.73 bits per heavy atom. The molecule has 4 aliphatic rings. The third-order valence-electron chi connectivity index (χ3n) is 11.5. The molecule has 1 aromatic carbocycles. The van der Waals surface area contributed by atoms with E-state index in [0.29, 0.717) is 5.57 Å². The van der Waals surface area contributed by atoms with Gasteiger partial charge in [0.05, 0.1) is 42.4 Å². The van der Waals surface area contributed by atoms with Crippen LogP contribution >= 0.6 is 0 Å². The quantitative estimate of drug-likeness (QED) is 0.128. The Balaban J connectivity index is 1.65. The van der Waals surface area contributed by atoms with Gasteiger partial charge in [0, 0.05) is 24.2 Å². The number of aliphatic hydroxyl groups excluding tert-OH is 3. The van der Waals surface area contributed by atoms with Gasteiger partial charge in [-0.2, -0.15) is 0 Å². The predicted octanol–water partition coefficient (Wildman–Crippen LogP) is 1.50. The minimum atomic E-state index is -2.29. The van der Waals surface area contributed by atoms with Crippen LogP contribution in [0.1, 0.15) is 71.7 Å². The van der Waals surface area contributed by atoms with Crippen molar-refractivity contribution in [1.82, 2.24) is 5.32 Å². The summed E-state index contributed by atoms with van der Waals surface area (Å²) >= 11 is 0. The van der Waals surface area contributed by atoms with Crippen LogP contribution in [0.25, 0.3) is 0 Å². The van der Waals surface area contributed by atoms with Gasteiger partial charge in [-0.1, -0.05) is 43.7 Å². The molecule has 280 valence electrons. The number of Topliss-reactive ketones (excluding diaryl/α,β-unsaturated/α-hetero) is 1. The van der Waals surface area contributed by atoms with Gasteiger partial charge in [-0.15, -0.1) is 0 Å². The predicted molar refractivity (Wildman–Crippen MR) is 179 cm³/mol. The van der Waals surface area contributed by atoms with Gasteiger partial charge in [-0.25, -0.2) is 14.4 Å². The number of benzene rings is 1. The number of allylic oxidation sites excluding steroid dienone is 1. The van der Waals surface area contributed by atoms with E-state index in [9.17, 15) is 44.7 Å². The molecule has 1 aromatic rings. The van der Waals surface area contributed by atoms with Crippen molar-refractivity contribution in [2.75, 3.05) is 13.2 Å². The van der Waals surface area contributed by atoms with Crippen LogP contribution in [0.5, 0.6) is 0 Å². The Hall–Kier alpha value is -3.66. The molecule has 2 bridgehead atoms. The highest BCUT2D eigenvalue weighted by molar-refractivity contribution is 5.94. The van der Waals surface area contributed by atoms with Gasteiger partial charge in [-0.05, 0) is 57.9 Å². The molecule has 11 atom stereocenters. The number of nitrogens with one attached hydrogen (secondary N) is 1. The Morgan fingerprint density at radius 1 is 1.08 bits per heavy atom. The fourth-order valence-corrected chi connectivity index (χ4v) is 8.61. The number of alkyl carbamates (subject to hydrolysis) is 1. The topological polar surface area (TPSA) is 218 Å². The van der Waals surface area contributed by atoms with Crippen molar-refractivity contribution in [1.29, 1.82) is 0 Å². The van der Waals surface area contributed by atoms with E-state index in [2.05, 4.69) is 5.32 Å². The van der Waals surface area contributed by atoms with Crippen molar-refractivity contribution >= 4 is 23.8 Å². The van der Waals surface area contributed by atoms with E-state index >= 15 is 0 Å². The van der Waals surface area contributed by atoms with Crippen molar-refractivity contribution in [2.24, 2.45) is 16.7 Å². The molecule has 5 rings (SSSR count). The molecule has 3 fully saturated rings. The molecule has 14 nitrogen and oxygen atoms in total. The highest BCUT2D eigenvalue weighted by Gasteiger charge is 2.76. The molecule has 6 N–H and O–H groups in total. The molecule has 0 spiro atoms. The van der Waals surface area contributed by atoms with Crippen LogP contribution < -0.4 is 5.32 Å². The van der Waals surface area contributed by atoms with Gasteiger partial charge in [0.15, 0.2) is 11.9 Å². The maximum atomic E-state index is 14.6. The molecule has 1 heterocycles. The first kappa shape index (κ1) is 38.6. The van der Waals surface area contributed by atoms with Gasteiger partial charge in [-0.3, -0.25) is 4.79 Å². The summed E-state index contributed by atoms with van der Waals surface area (Å²) in [6, 6.07) is 6.61. The van der Waals surface area contributed by atoms with Crippen LogP contribution in [0, 0.1) is 16.7 Å². The largest absolute Gasteiger partial charge is 0.456 e. The second-order valence-corrected chi connectivity index (χ2v) is 15.1. The molecule has 51 heavy (non-hydrogen) atoms. The average Bonchev–Trinajstić information content (AvgIpc) is 3.06. The number of ether oxygens (including phenoxy) is 4. The summed E-state index contributed by atoms with van der Waals surface area (Å²) < 4.78 is 22.5. The molecule has 1 saturated heterocycles. The number of carbonyl (C=O) groups excluding carboxylic acids is 4. The number of hydrogen-bond acceptors (Lipinski definition) is 13. The van der Waals surface area contributed by atoms with E-state index in [1.54, 1.807) is 52.8 Å². The molecule has 2 saturated carbocycles. The van der Waals surface area contributed by atoms with Gasteiger partial charge < -0.3 is 49.8 Å². The molecular formula is C37H49NO13. The molecular weight excluding hydrogens is 666 g/mol. The lowest BCUT2D eigenvalue weighted by Gasteiger charge is -2.66. The first-order valence-electron chi connectivity index (χ1n) is 17.2. The third-order valence-corrected chi connectivity index (χ3v) is 11.5. The zero-order chi connectivity index (χ0) is 37.8. The van der Waals surface area contributed by atoms with Gasteiger partial charge >= 0.3 is 18.0 Å². The first-order chi connectivity index (χ1) is 23.7. The highest BCUT2D eigenvalue weighted by atomic mass is 16.6. The summed E-state index contributed by atoms with van der Waals surface area (Å²) in [7, 11) is 0. The van der Waals surface area contributed by atoms with Crippen LogP contribution in [0.4, 0.5) is 4.79 Å². The number of esters is 2. The Kier molecular flexibility index (Phi) is 10.4. The minimum absolute atomic E-state index is 0.0350. The fourth-order valence-electron chi connectivity index (χ4n) is 8.61.